The lowest BCUT2D eigenvalue weighted by molar-refractivity contribution is -0.116. The monoisotopic (exact) mass is 358 g/mol. The van der Waals surface area contributed by atoms with Crippen LogP contribution >= 0.6 is 0 Å². The summed E-state index contributed by atoms with van der Waals surface area (Å²) in [5.41, 5.74) is 1.65. The Balaban J connectivity index is 1.74. The number of sulfonamides is 1. The fraction of sp³-hybridized carbons (Fsp3) is 0.222. The van der Waals surface area contributed by atoms with Crippen molar-refractivity contribution in [2.75, 3.05) is 10.1 Å². The molecule has 1 N–H and O–H groups in total. The van der Waals surface area contributed by atoms with E-state index in [1.165, 1.54) is 24.3 Å². The Morgan fingerprint density at radius 3 is 2.28 bits per heavy atom. The first-order valence-corrected chi connectivity index (χ1v) is 9.51. The summed E-state index contributed by atoms with van der Waals surface area (Å²) in [5.74, 6) is -0.892. The second-order valence-corrected chi connectivity index (χ2v) is 7.81. The lowest BCUT2D eigenvalue weighted by atomic mass is 10.1. The molecular weight excluding hydrogens is 340 g/mol. The summed E-state index contributed by atoms with van der Waals surface area (Å²) in [6.07, 6.45) is -0.0147. The zero-order valence-electron chi connectivity index (χ0n) is 13.7. The predicted molar refractivity (Wildman–Crippen MR) is 94.7 cm³/mol. The third-order valence-electron chi connectivity index (χ3n) is 4.09. The molecule has 0 aromatic heterocycles. The molecule has 2 aromatic rings. The summed E-state index contributed by atoms with van der Waals surface area (Å²) in [6, 6.07) is 15.4. The number of nitrogens with one attached hydrogen (secondary N) is 1. The lowest BCUT2D eigenvalue weighted by Crippen LogP contribution is -2.29. The number of carbonyl (C=O) groups is 2. The van der Waals surface area contributed by atoms with E-state index in [1.54, 1.807) is 0 Å². The molecule has 1 atom stereocenters. The van der Waals surface area contributed by atoms with Gasteiger partial charge >= 0.3 is 0 Å². The van der Waals surface area contributed by atoms with E-state index in [9.17, 15) is 18.0 Å². The number of amides is 2. The lowest BCUT2D eigenvalue weighted by Gasteiger charge is -2.16. The summed E-state index contributed by atoms with van der Waals surface area (Å²) < 4.78 is 24.6. The van der Waals surface area contributed by atoms with Crippen molar-refractivity contribution in [3.63, 3.8) is 0 Å². The molecule has 1 aliphatic rings. The molecule has 3 rings (SSSR count). The molecule has 2 aromatic carbocycles. The van der Waals surface area contributed by atoms with Gasteiger partial charge < -0.3 is 5.32 Å². The number of benzene rings is 2. The molecule has 6 nitrogen and oxygen atoms in total. The van der Waals surface area contributed by atoms with Gasteiger partial charge in [0.1, 0.15) is 0 Å². The molecule has 1 saturated heterocycles. The molecule has 1 fully saturated rings. The van der Waals surface area contributed by atoms with E-state index in [1.807, 2.05) is 37.3 Å². The zero-order chi connectivity index (χ0) is 18.0. The SMILES string of the molecule is C[C@H](NC(=O)c1ccc(N2C(=O)CCS2(=O)=O)cc1)c1ccccc1. The molecular formula is C18H18N2O4S. The Kier molecular flexibility index (Phi) is 4.59. The molecule has 130 valence electrons. The van der Waals surface area contributed by atoms with Crippen LogP contribution in [-0.4, -0.2) is 26.0 Å². The van der Waals surface area contributed by atoms with Gasteiger partial charge in [0, 0.05) is 12.0 Å². The Bertz CT molecular complexity index is 892. The first-order chi connectivity index (χ1) is 11.9. The van der Waals surface area contributed by atoms with Gasteiger partial charge in [0.25, 0.3) is 5.91 Å². The van der Waals surface area contributed by atoms with Crippen molar-refractivity contribution >= 4 is 27.5 Å². The molecule has 7 heteroatoms. The summed E-state index contributed by atoms with van der Waals surface area (Å²) in [7, 11) is -3.59. The van der Waals surface area contributed by atoms with Gasteiger partial charge in [-0.3, -0.25) is 9.59 Å². The minimum absolute atomic E-state index is 0.0147. The normalized spacial score (nSPS) is 17.3. The fourth-order valence-corrected chi connectivity index (χ4v) is 4.18. The summed E-state index contributed by atoms with van der Waals surface area (Å²) in [5, 5.41) is 2.89. The molecule has 0 saturated carbocycles. The second-order valence-electron chi connectivity index (χ2n) is 5.88. The van der Waals surface area contributed by atoms with Gasteiger partial charge in [0.2, 0.25) is 15.9 Å². The molecule has 0 aliphatic carbocycles. The molecule has 1 aliphatic heterocycles. The van der Waals surface area contributed by atoms with E-state index >= 15 is 0 Å². The van der Waals surface area contributed by atoms with Gasteiger partial charge in [-0.25, -0.2) is 12.7 Å². The summed E-state index contributed by atoms with van der Waals surface area (Å²) in [6.45, 7) is 1.89. The van der Waals surface area contributed by atoms with Crippen molar-refractivity contribution < 1.29 is 18.0 Å². The van der Waals surface area contributed by atoms with Gasteiger partial charge in [0.05, 0.1) is 17.5 Å². The number of hydrogen-bond donors (Lipinski definition) is 1. The van der Waals surface area contributed by atoms with Gasteiger partial charge in [-0.2, -0.15) is 0 Å². The van der Waals surface area contributed by atoms with Crippen LogP contribution < -0.4 is 9.62 Å². The molecule has 0 spiro atoms. The predicted octanol–water partition coefficient (Wildman–Crippen LogP) is 2.24. The quantitative estimate of drug-likeness (QED) is 0.908. The number of nitrogens with zero attached hydrogens (tertiary/aromatic N) is 1. The van der Waals surface area contributed by atoms with Crippen LogP contribution in [0.1, 0.15) is 35.3 Å². The molecule has 1 heterocycles. The second kappa shape index (κ2) is 6.68. The third kappa shape index (κ3) is 3.56. The van der Waals surface area contributed by atoms with Crippen molar-refractivity contribution in [2.24, 2.45) is 0 Å². The first-order valence-electron chi connectivity index (χ1n) is 7.90. The van der Waals surface area contributed by atoms with Gasteiger partial charge in [-0.1, -0.05) is 30.3 Å². The maximum atomic E-state index is 12.3. The van der Waals surface area contributed by atoms with Crippen LogP contribution in [0.2, 0.25) is 0 Å². The molecule has 0 radical (unpaired) electrons. The van der Waals surface area contributed by atoms with Crippen molar-refractivity contribution in [1.82, 2.24) is 5.32 Å². The standard InChI is InChI=1S/C18H18N2O4S/c1-13(14-5-3-2-4-6-14)19-18(22)15-7-9-16(10-8-15)20-17(21)11-12-25(20,23)24/h2-10,13H,11-12H2,1H3,(H,19,22)/t13-/m0/s1. The highest BCUT2D eigenvalue weighted by molar-refractivity contribution is 7.94. The van der Waals surface area contributed by atoms with Crippen LogP contribution in [0.4, 0.5) is 5.69 Å². The van der Waals surface area contributed by atoms with Crippen LogP contribution in [0.5, 0.6) is 0 Å². The van der Waals surface area contributed by atoms with Crippen molar-refractivity contribution in [2.45, 2.75) is 19.4 Å². The highest BCUT2D eigenvalue weighted by atomic mass is 32.2. The first kappa shape index (κ1) is 17.2. The highest BCUT2D eigenvalue weighted by Gasteiger charge is 2.36. The van der Waals surface area contributed by atoms with Crippen LogP contribution in [0.3, 0.4) is 0 Å². The van der Waals surface area contributed by atoms with Crippen LogP contribution in [0.15, 0.2) is 54.6 Å². The number of anilines is 1. The number of carbonyl (C=O) groups excluding carboxylic acids is 2. The largest absolute Gasteiger partial charge is 0.346 e. The van der Waals surface area contributed by atoms with E-state index in [4.69, 9.17) is 0 Å². The van der Waals surface area contributed by atoms with E-state index in [0.29, 0.717) is 5.56 Å². The fourth-order valence-electron chi connectivity index (χ4n) is 2.72. The van der Waals surface area contributed by atoms with E-state index in [2.05, 4.69) is 5.32 Å². The minimum Gasteiger partial charge on any atom is -0.346 e. The van der Waals surface area contributed by atoms with E-state index in [-0.39, 0.29) is 29.8 Å². The Labute approximate surface area is 146 Å². The van der Waals surface area contributed by atoms with Crippen LogP contribution in [0, 0.1) is 0 Å². The topological polar surface area (TPSA) is 83.6 Å². The Hall–Kier alpha value is -2.67. The number of rotatable bonds is 4. The highest BCUT2D eigenvalue weighted by Crippen LogP contribution is 2.25. The van der Waals surface area contributed by atoms with Crippen molar-refractivity contribution in [3.8, 4) is 0 Å². The van der Waals surface area contributed by atoms with Gasteiger partial charge in [-0.15, -0.1) is 0 Å². The molecule has 0 unspecified atom stereocenters. The zero-order valence-corrected chi connectivity index (χ0v) is 14.5. The smallest absolute Gasteiger partial charge is 0.251 e. The van der Waals surface area contributed by atoms with E-state index in [0.717, 1.165) is 9.87 Å². The maximum absolute atomic E-state index is 12.3. The summed E-state index contributed by atoms with van der Waals surface area (Å²) >= 11 is 0. The Morgan fingerprint density at radius 2 is 1.72 bits per heavy atom. The average Bonchev–Trinajstić information content (AvgIpc) is 2.88. The number of hydrogen-bond acceptors (Lipinski definition) is 4. The van der Waals surface area contributed by atoms with E-state index < -0.39 is 15.9 Å². The molecule has 2 amide bonds. The van der Waals surface area contributed by atoms with Gasteiger partial charge in [-0.05, 0) is 36.8 Å². The third-order valence-corrected chi connectivity index (χ3v) is 5.78. The van der Waals surface area contributed by atoms with Crippen molar-refractivity contribution in [3.05, 3.63) is 65.7 Å². The molecule has 0 bridgehead atoms. The van der Waals surface area contributed by atoms with Crippen LogP contribution in [0.25, 0.3) is 0 Å². The Morgan fingerprint density at radius 1 is 1.08 bits per heavy atom. The van der Waals surface area contributed by atoms with Crippen LogP contribution in [-0.2, 0) is 14.8 Å². The van der Waals surface area contributed by atoms with Crippen molar-refractivity contribution in [1.29, 1.82) is 0 Å². The van der Waals surface area contributed by atoms with Gasteiger partial charge in [0.15, 0.2) is 0 Å². The molecule has 25 heavy (non-hydrogen) atoms. The average molecular weight is 358 g/mol. The minimum atomic E-state index is -3.59. The maximum Gasteiger partial charge on any atom is 0.251 e. The summed E-state index contributed by atoms with van der Waals surface area (Å²) in [4.78, 5) is 24.1.